The molecule has 3 atom stereocenters. The molecule has 1 aromatic carbocycles. The molecular weight excluding hydrogens is 442 g/mol. The van der Waals surface area contributed by atoms with E-state index in [0.717, 1.165) is 29.7 Å². The zero-order valence-electron chi connectivity index (χ0n) is 20.2. The average molecular weight is 477 g/mol. The van der Waals surface area contributed by atoms with Gasteiger partial charge in [-0.2, -0.15) is 0 Å². The summed E-state index contributed by atoms with van der Waals surface area (Å²) in [5, 5.41) is 0. The van der Waals surface area contributed by atoms with Gasteiger partial charge in [0.05, 0.1) is 6.61 Å². The SMILES string of the molecule is CC(C)(C)OC(=O)N1[C@@H]2C[C@@H]2C[C@H]1C(=O)N(Cc1ccc2c(c1)OCC2)C1CCC(F)(F)CC1. The van der Waals surface area contributed by atoms with Gasteiger partial charge in [-0.05, 0) is 69.6 Å². The Morgan fingerprint density at radius 3 is 2.65 bits per heavy atom. The van der Waals surface area contributed by atoms with Gasteiger partial charge in [-0.1, -0.05) is 12.1 Å². The van der Waals surface area contributed by atoms with Gasteiger partial charge in [0, 0.05) is 37.9 Å². The second-order valence-electron chi connectivity index (χ2n) is 11.3. The molecule has 2 aliphatic carbocycles. The number of hydrogen-bond donors (Lipinski definition) is 0. The number of fused-ring (bicyclic) bond motifs is 2. The highest BCUT2D eigenvalue weighted by atomic mass is 19.3. The van der Waals surface area contributed by atoms with Gasteiger partial charge in [0.15, 0.2) is 0 Å². The highest BCUT2D eigenvalue weighted by Crippen LogP contribution is 2.49. The number of hydrogen-bond acceptors (Lipinski definition) is 4. The summed E-state index contributed by atoms with van der Waals surface area (Å²) in [5.74, 6) is -1.69. The van der Waals surface area contributed by atoms with Crippen molar-refractivity contribution in [3.05, 3.63) is 29.3 Å². The third-order valence-corrected chi connectivity index (χ3v) is 7.52. The number of piperidine rings is 1. The first-order chi connectivity index (χ1) is 16.0. The molecule has 0 unspecified atom stereocenters. The monoisotopic (exact) mass is 476 g/mol. The molecule has 0 N–H and O–H groups in total. The molecule has 6 nitrogen and oxygen atoms in total. The summed E-state index contributed by atoms with van der Waals surface area (Å²) in [6.07, 6.45) is 1.97. The van der Waals surface area contributed by atoms with E-state index in [1.165, 1.54) is 0 Å². The summed E-state index contributed by atoms with van der Waals surface area (Å²) >= 11 is 0. The van der Waals surface area contributed by atoms with Crippen LogP contribution in [0, 0.1) is 5.92 Å². The van der Waals surface area contributed by atoms with E-state index in [1.807, 2.05) is 39.0 Å². The van der Waals surface area contributed by atoms with E-state index in [9.17, 15) is 18.4 Å². The maximum Gasteiger partial charge on any atom is 0.411 e. The van der Waals surface area contributed by atoms with E-state index in [2.05, 4.69) is 0 Å². The molecule has 2 saturated carbocycles. The van der Waals surface area contributed by atoms with E-state index in [1.54, 1.807) is 9.80 Å². The predicted molar refractivity (Wildman–Crippen MR) is 122 cm³/mol. The van der Waals surface area contributed by atoms with Crippen LogP contribution in [0.1, 0.15) is 70.4 Å². The van der Waals surface area contributed by atoms with Gasteiger partial charge in [0.1, 0.15) is 17.4 Å². The van der Waals surface area contributed by atoms with Crippen LogP contribution in [0.3, 0.4) is 0 Å². The Bertz CT molecular complexity index is 966. The normalized spacial score (nSPS) is 27.6. The van der Waals surface area contributed by atoms with E-state index < -0.39 is 23.7 Å². The summed E-state index contributed by atoms with van der Waals surface area (Å²) in [6, 6.07) is 5.12. The van der Waals surface area contributed by atoms with Crippen molar-refractivity contribution in [3.63, 3.8) is 0 Å². The number of alkyl halides is 2. The minimum atomic E-state index is -2.68. The van der Waals surface area contributed by atoms with E-state index in [-0.39, 0.29) is 43.7 Å². The molecule has 0 aromatic heterocycles. The maximum absolute atomic E-state index is 13.9. The summed E-state index contributed by atoms with van der Waals surface area (Å²) < 4.78 is 39.1. The molecule has 1 saturated heterocycles. The fourth-order valence-corrected chi connectivity index (χ4v) is 5.67. The van der Waals surface area contributed by atoms with Crippen LogP contribution < -0.4 is 4.74 Å². The lowest BCUT2D eigenvalue weighted by Gasteiger charge is -2.40. The Morgan fingerprint density at radius 2 is 1.94 bits per heavy atom. The molecule has 0 bridgehead atoms. The van der Waals surface area contributed by atoms with Crippen molar-refractivity contribution in [2.45, 2.75) is 102 Å². The largest absolute Gasteiger partial charge is 0.493 e. The standard InChI is InChI=1S/C26H34F2N2O4/c1-25(2,3)34-24(32)30-20-13-18(20)14-21(30)23(31)29(19-6-9-26(27,28)10-7-19)15-16-4-5-17-8-11-33-22(17)12-16/h4-5,12,18-21H,6-11,13-15H2,1-3H3/t18-,20-,21+/m1/s1. The Hall–Kier alpha value is -2.38. The quantitative estimate of drug-likeness (QED) is 0.619. The molecule has 4 aliphatic rings. The highest BCUT2D eigenvalue weighted by Gasteiger charge is 2.58. The molecule has 34 heavy (non-hydrogen) atoms. The van der Waals surface area contributed by atoms with Crippen molar-refractivity contribution in [2.24, 2.45) is 5.92 Å². The van der Waals surface area contributed by atoms with Crippen LogP contribution in [0.15, 0.2) is 18.2 Å². The second-order valence-corrected chi connectivity index (χ2v) is 11.3. The second kappa shape index (κ2) is 8.38. The summed E-state index contributed by atoms with van der Waals surface area (Å²) in [4.78, 5) is 30.3. The zero-order chi connectivity index (χ0) is 24.3. The lowest BCUT2D eigenvalue weighted by atomic mass is 9.90. The van der Waals surface area contributed by atoms with Crippen molar-refractivity contribution in [3.8, 4) is 5.75 Å². The highest BCUT2D eigenvalue weighted by molar-refractivity contribution is 5.87. The molecule has 1 aromatic rings. The Kier molecular flexibility index (Phi) is 5.76. The smallest absolute Gasteiger partial charge is 0.411 e. The molecule has 2 amide bonds. The Morgan fingerprint density at radius 1 is 1.21 bits per heavy atom. The van der Waals surface area contributed by atoms with E-state index in [0.29, 0.717) is 25.5 Å². The molecule has 8 heteroatoms. The fourth-order valence-electron chi connectivity index (χ4n) is 5.67. The molecule has 2 aliphatic heterocycles. The Balaban J connectivity index is 1.39. The number of benzene rings is 1. The third-order valence-electron chi connectivity index (χ3n) is 7.52. The van der Waals surface area contributed by atoms with Crippen molar-refractivity contribution < 1.29 is 27.8 Å². The minimum Gasteiger partial charge on any atom is -0.493 e. The number of carbonyl (C=O) groups is 2. The van der Waals surface area contributed by atoms with Crippen molar-refractivity contribution >= 4 is 12.0 Å². The average Bonchev–Trinajstić information content (AvgIpc) is 3.17. The first-order valence-corrected chi connectivity index (χ1v) is 12.4. The maximum atomic E-state index is 13.9. The van der Waals surface area contributed by atoms with Crippen LogP contribution in [-0.2, 0) is 22.5 Å². The number of ether oxygens (including phenoxy) is 2. The lowest BCUT2D eigenvalue weighted by molar-refractivity contribution is -0.142. The molecule has 5 rings (SSSR count). The van der Waals surface area contributed by atoms with Crippen LogP contribution in [0.25, 0.3) is 0 Å². The van der Waals surface area contributed by atoms with Gasteiger partial charge >= 0.3 is 6.09 Å². The van der Waals surface area contributed by atoms with Gasteiger partial charge in [0.25, 0.3) is 0 Å². The number of amides is 2. The van der Waals surface area contributed by atoms with Gasteiger partial charge in [0.2, 0.25) is 11.8 Å². The van der Waals surface area contributed by atoms with Crippen LogP contribution in [0.2, 0.25) is 0 Å². The number of nitrogens with zero attached hydrogens (tertiary/aromatic N) is 2. The number of carbonyl (C=O) groups excluding carboxylic acids is 2. The van der Waals surface area contributed by atoms with Crippen LogP contribution >= 0.6 is 0 Å². The van der Waals surface area contributed by atoms with Crippen molar-refractivity contribution in [1.82, 2.24) is 9.80 Å². The van der Waals surface area contributed by atoms with Crippen molar-refractivity contribution in [1.29, 1.82) is 0 Å². The van der Waals surface area contributed by atoms with Gasteiger partial charge in [-0.25, -0.2) is 13.6 Å². The molecule has 186 valence electrons. The summed E-state index contributed by atoms with van der Waals surface area (Å²) in [5.41, 5.74) is 1.40. The van der Waals surface area contributed by atoms with Crippen LogP contribution in [-0.4, -0.2) is 58.1 Å². The number of likely N-dealkylation sites (tertiary alicyclic amines) is 1. The zero-order valence-corrected chi connectivity index (χ0v) is 20.2. The Labute approximate surface area is 199 Å². The first kappa shape index (κ1) is 23.4. The summed E-state index contributed by atoms with van der Waals surface area (Å²) in [7, 11) is 0. The minimum absolute atomic E-state index is 0.0368. The molecular formula is C26H34F2N2O4. The number of halogens is 2. The van der Waals surface area contributed by atoms with Crippen molar-refractivity contribution in [2.75, 3.05) is 6.61 Å². The van der Waals surface area contributed by atoms with Crippen LogP contribution in [0.5, 0.6) is 5.75 Å². The number of rotatable bonds is 4. The molecule has 2 heterocycles. The van der Waals surface area contributed by atoms with Gasteiger partial charge in [-0.15, -0.1) is 0 Å². The molecule has 0 radical (unpaired) electrons. The molecule has 0 spiro atoms. The fraction of sp³-hybridized carbons (Fsp3) is 0.692. The van der Waals surface area contributed by atoms with Crippen LogP contribution in [0.4, 0.5) is 13.6 Å². The first-order valence-electron chi connectivity index (χ1n) is 12.4. The van der Waals surface area contributed by atoms with E-state index in [4.69, 9.17) is 9.47 Å². The van der Waals surface area contributed by atoms with Gasteiger partial charge in [-0.3, -0.25) is 9.69 Å². The summed E-state index contributed by atoms with van der Waals surface area (Å²) in [6.45, 7) is 6.40. The lowest BCUT2D eigenvalue weighted by Crippen LogP contribution is -2.53. The van der Waals surface area contributed by atoms with Gasteiger partial charge < -0.3 is 14.4 Å². The topological polar surface area (TPSA) is 59.1 Å². The predicted octanol–water partition coefficient (Wildman–Crippen LogP) is 4.93. The molecule has 3 fully saturated rings. The van der Waals surface area contributed by atoms with E-state index >= 15 is 0 Å². The third kappa shape index (κ3) is 4.73.